The van der Waals surface area contributed by atoms with Crippen LogP contribution in [0.2, 0.25) is 20.1 Å². The third kappa shape index (κ3) is 5.22. The van der Waals surface area contributed by atoms with Gasteiger partial charge in [0.2, 0.25) is 5.95 Å². The second-order valence-corrected chi connectivity index (χ2v) is 7.25. The Balaban J connectivity index is 0.000000196. The lowest BCUT2D eigenvalue weighted by Gasteiger charge is -2.04. The fraction of sp³-hybridized carbons (Fsp3) is 0.188. The van der Waals surface area contributed by atoms with E-state index in [1.54, 1.807) is 24.3 Å². The molecule has 5 nitrogen and oxygen atoms in total. The van der Waals surface area contributed by atoms with Crippen molar-refractivity contribution >= 4 is 74.8 Å². The van der Waals surface area contributed by atoms with Crippen LogP contribution in [0.25, 0.3) is 11.0 Å². The average molecular weight is 421 g/mol. The van der Waals surface area contributed by atoms with E-state index in [2.05, 4.69) is 15.3 Å². The molecule has 3 aromatic rings. The summed E-state index contributed by atoms with van der Waals surface area (Å²) in [6, 6.07) is 6.92. The van der Waals surface area contributed by atoms with Crippen LogP contribution >= 0.6 is 46.4 Å². The number of benzene rings is 2. The summed E-state index contributed by atoms with van der Waals surface area (Å²) in [5, 5.41) is 5.23. The van der Waals surface area contributed by atoms with Crippen LogP contribution in [0.15, 0.2) is 24.3 Å². The molecule has 0 saturated heterocycles. The molecule has 0 saturated carbocycles. The normalized spacial score (nSPS) is 10.7. The first-order valence-electron chi connectivity index (χ1n) is 7.28. The standard InChI is InChI=1S/C10H11Cl2N3.C6H6Cl2N2/c1-5(2)13-10-14-8-4-6(11)3-7(12)9(8)15-10;7-3-1-4(8)6(10)5(9)2-3/h3-5H,1-2H3,(H2,13,14,15);1-2H,9-10H2. The molecule has 9 heteroatoms. The number of nitrogens with two attached hydrogens (primary N) is 2. The lowest BCUT2D eigenvalue weighted by Crippen LogP contribution is -2.10. The van der Waals surface area contributed by atoms with E-state index in [0.29, 0.717) is 43.5 Å². The van der Waals surface area contributed by atoms with E-state index in [1.165, 1.54) is 0 Å². The van der Waals surface area contributed by atoms with Gasteiger partial charge in [-0.2, -0.15) is 0 Å². The predicted octanol–water partition coefficient (Wildman–Crippen LogP) is 5.85. The van der Waals surface area contributed by atoms with Crippen molar-refractivity contribution in [2.24, 2.45) is 0 Å². The minimum absolute atomic E-state index is 0.319. The zero-order valence-corrected chi connectivity index (χ0v) is 16.5. The van der Waals surface area contributed by atoms with E-state index in [9.17, 15) is 0 Å². The van der Waals surface area contributed by atoms with Crippen molar-refractivity contribution in [3.63, 3.8) is 0 Å². The van der Waals surface area contributed by atoms with Crippen LogP contribution in [0.1, 0.15) is 13.8 Å². The maximum atomic E-state index is 6.02. The molecule has 0 radical (unpaired) electrons. The van der Waals surface area contributed by atoms with Gasteiger partial charge in [0.05, 0.1) is 26.9 Å². The molecular formula is C16H17Cl4N5. The molecule has 1 aromatic heterocycles. The van der Waals surface area contributed by atoms with Crippen molar-refractivity contribution in [3.8, 4) is 0 Å². The summed E-state index contributed by atoms with van der Waals surface area (Å²) in [5.74, 6) is 0.712. The van der Waals surface area contributed by atoms with E-state index in [-0.39, 0.29) is 0 Å². The lowest BCUT2D eigenvalue weighted by atomic mass is 10.3. The Labute approximate surface area is 165 Å². The highest BCUT2D eigenvalue weighted by Gasteiger charge is 2.08. The highest BCUT2D eigenvalue weighted by atomic mass is 35.5. The Morgan fingerprint density at radius 1 is 0.960 bits per heavy atom. The number of rotatable bonds is 2. The Morgan fingerprint density at radius 2 is 1.56 bits per heavy atom. The van der Waals surface area contributed by atoms with Crippen molar-refractivity contribution < 1.29 is 0 Å². The number of H-pyrrole nitrogens is 1. The molecule has 0 aliphatic heterocycles. The number of anilines is 3. The molecule has 0 atom stereocenters. The molecule has 0 fully saturated rings. The molecule has 0 aliphatic rings. The summed E-state index contributed by atoms with van der Waals surface area (Å²) in [6.45, 7) is 4.09. The molecular weight excluding hydrogens is 404 g/mol. The molecule has 0 bridgehead atoms. The van der Waals surface area contributed by atoms with Gasteiger partial charge >= 0.3 is 0 Å². The maximum Gasteiger partial charge on any atom is 0.201 e. The van der Waals surface area contributed by atoms with Gasteiger partial charge in [0.15, 0.2) is 0 Å². The van der Waals surface area contributed by atoms with E-state index in [1.807, 2.05) is 13.8 Å². The summed E-state index contributed by atoms with van der Waals surface area (Å²) in [6.07, 6.45) is 0. The molecule has 25 heavy (non-hydrogen) atoms. The first-order chi connectivity index (χ1) is 11.7. The van der Waals surface area contributed by atoms with Gasteiger partial charge in [-0.25, -0.2) is 4.98 Å². The van der Waals surface area contributed by atoms with Gasteiger partial charge < -0.3 is 21.8 Å². The molecule has 2 aromatic carbocycles. The van der Waals surface area contributed by atoms with Gasteiger partial charge in [0.1, 0.15) is 5.52 Å². The first kappa shape index (κ1) is 19.8. The van der Waals surface area contributed by atoms with Crippen LogP contribution in [0, 0.1) is 0 Å². The highest BCUT2D eigenvalue weighted by Crippen LogP contribution is 2.29. The lowest BCUT2D eigenvalue weighted by molar-refractivity contribution is 0.883. The molecule has 0 unspecified atom stereocenters. The summed E-state index contributed by atoms with van der Waals surface area (Å²) in [4.78, 5) is 7.45. The molecule has 0 aliphatic carbocycles. The van der Waals surface area contributed by atoms with E-state index in [0.717, 1.165) is 11.0 Å². The summed E-state index contributed by atoms with van der Waals surface area (Å²) in [7, 11) is 0. The van der Waals surface area contributed by atoms with Crippen LogP contribution in [0.4, 0.5) is 17.3 Å². The van der Waals surface area contributed by atoms with Crippen LogP contribution in [0.5, 0.6) is 0 Å². The quantitative estimate of drug-likeness (QED) is 0.391. The average Bonchev–Trinajstić information content (AvgIpc) is 2.87. The number of nitrogens with zero attached hydrogens (tertiary/aromatic N) is 1. The molecule has 134 valence electrons. The van der Waals surface area contributed by atoms with Gasteiger partial charge in [0, 0.05) is 16.1 Å². The maximum absolute atomic E-state index is 6.02. The second-order valence-electron chi connectivity index (χ2n) is 5.56. The zero-order valence-electron chi connectivity index (χ0n) is 13.5. The van der Waals surface area contributed by atoms with Gasteiger partial charge in [-0.1, -0.05) is 46.4 Å². The highest BCUT2D eigenvalue weighted by molar-refractivity contribution is 6.38. The third-order valence-corrected chi connectivity index (χ3v) is 4.09. The van der Waals surface area contributed by atoms with E-state index >= 15 is 0 Å². The van der Waals surface area contributed by atoms with Gasteiger partial charge in [-0.15, -0.1) is 0 Å². The van der Waals surface area contributed by atoms with Gasteiger partial charge in [-0.3, -0.25) is 0 Å². The summed E-state index contributed by atoms with van der Waals surface area (Å²) >= 11 is 23.1. The van der Waals surface area contributed by atoms with Crippen LogP contribution in [-0.4, -0.2) is 16.0 Å². The fourth-order valence-corrected chi connectivity index (χ4v) is 3.03. The monoisotopic (exact) mass is 419 g/mol. The van der Waals surface area contributed by atoms with Crippen LogP contribution in [0.3, 0.4) is 0 Å². The topological polar surface area (TPSA) is 92.8 Å². The molecule has 6 N–H and O–H groups in total. The second kappa shape index (κ2) is 8.23. The van der Waals surface area contributed by atoms with Crippen LogP contribution < -0.4 is 16.8 Å². The SMILES string of the molecule is CC(C)Nc1nc2c(Cl)cc(Cl)cc2[nH]1.Nc1cc(Cl)cc(Cl)c1N. The van der Waals surface area contributed by atoms with Crippen molar-refractivity contribution in [2.45, 2.75) is 19.9 Å². The predicted molar refractivity (Wildman–Crippen MR) is 110 cm³/mol. The number of aromatic nitrogens is 2. The van der Waals surface area contributed by atoms with E-state index < -0.39 is 0 Å². The largest absolute Gasteiger partial charge is 0.397 e. The van der Waals surface area contributed by atoms with Crippen molar-refractivity contribution in [2.75, 3.05) is 16.8 Å². The Hall–Kier alpha value is -1.53. The zero-order chi connectivity index (χ0) is 18.7. The molecule has 0 amide bonds. The number of aromatic amines is 1. The Bertz CT molecular complexity index is 869. The number of hydrogen-bond acceptors (Lipinski definition) is 4. The first-order valence-corrected chi connectivity index (χ1v) is 8.80. The molecule has 1 heterocycles. The minimum atomic E-state index is 0.319. The number of fused-ring (bicyclic) bond motifs is 1. The number of imidazole rings is 1. The Morgan fingerprint density at radius 3 is 2.16 bits per heavy atom. The van der Waals surface area contributed by atoms with Crippen molar-refractivity contribution in [3.05, 3.63) is 44.4 Å². The smallest absolute Gasteiger partial charge is 0.201 e. The minimum Gasteiger partial charge on any atom is -0.397 e. The third-order valence-electron chi connectivity index (χ3n) is 3.06. The van der Waals surface area contributed by atoms with E-state index in [4.69, 9.17) is 57.9 Å². The van der Waals surface area contributed by atoms with Crippen molar-refractivity contribution in [1.29, 1.82) is 0 Å². The number of hydrogen-bond donors (Lipinski definition) is 4. The van der Waals surface area contributed by atoms with Crippen molar-refractivity contribution in [1.82, 2.24) is 9.97 Å². The number of nitrogens with one attached hydrogen (secondary N) is 2. The van der Waals surface area contributed by atoms with Crippen LogP contribution in [-0.2, 0) is 0 Å². The van der Waals surface area contributed by atoms with Gasteiger partial charge in [0.25, 0.3) is 0 Å². The molecule has 3 rings (SSSR count). The number of halogens is 4. The molecule has 0 spiro atoms. The fourth-order valence-electron chi connectivity index (χ4n) is 1.99. The van der Waals surface area contributed by atoms with Gasteiger partial charge in [-0.05, 0) is 38.1 Å². The summed E-state index contributed by atoms with van der Waals surface area (Å²) < 4.78 is 0. The summed E-state index contributed by atoms with van der Waals surface area (Å²) in [5.41, 5.74) is 13.2. The number of nitrogen functional groups attached to an aromatic ring is 2. The Kier molecular flexibility index (Phi) is 6.52.